The van der Waals surface area contributed by atoms with Gasteiger partial charge in [-0.15, -0.1) is 0 Å². The molecule has 0 amide bonds. The average Bonchev–Trinajstić information content (AvgIpc) is 2.55. The molecule has 23 heavy (non-hydrogen) atoms. The van der Waals surface area contributed by atoms with Crippen LogP contribution < -0.4 is 5.32 Å². The SMILES string of the molecule is CC(COCC(C)(CO)CO)COCC(C)(CO)CO.CNC. The summed E-state index contributed by atoms with van der Waals surface area (Å²) < 4.78 is 11.0. The molecular formula is C16H37NO6. The van der Waals surface area contributed by atoms with Crippen molar-refractivity contribution in [3.63, 3.8) is 0 Å². The van der Waals surface area contributed by atoms with Crippen molar-refractivity contribution in [3.8, 4) is 0 Å². The van der Waals surface area contributed by atoms with Crippen LogP contribution in [0.25, 0.3) is 0 Å². The number of nitrogens with one attached hydrogen (secondary N) is 1. The summed E-state index contributed by atoms with van der Waals surface area (Å²) >= 11 is 0. The van der Waals surface area contributed by atoms with Crippen molar-refractivity contribution in [2.45, 2.75) is 20.8 Å². The van der Waals surface area contributed by atoms with Crippen molar-refractivity contribution < 1.29 is 29.9 Å². The van der Waals surface area contributed by atoms with Gasteiger partial charge in [0, 0.05) is 16.7 Å². The summed E-state index contributed by atoms with van der Waals surface area (Å²) in [5.41, 5.74) is -1.24. The van der Waals surface area contributed by atoms with Crippen molar-refractivity contribution in [1.82, 2.24) is 5.32 Å². The number of hydrogen-bond acceptors (Lipinski definition) is 7. The lowest BCUT2D eigenvalue weighted by Gasteiger charge is -2.26. The number of ether oxygens (including phenoxy) is 2. The highest BCUT2D eigenvalue weighted by molar-refractivity contribution is 4.72. The Bertz CT molecular complexity index is 233. The third-order valence-corrected chi connectivity index (χ3v) is 3.23. The van der Waals surface area contributed by atoms with E-state index in [2.05, 4.69) is 5.32 Å². The second-order valence-corrected chi connectivity index (χ2v) is 6.89. The Morgan fingerprint density at radius 1 is 0.783 bits per heavy atom. The third kappa shape index (κ3) is 12.8. The average molecular weight is 339 g/mol. The molecule has 0 aliphatic carbocycles. The zero-order chi connectivity index (χ0) is 18.4. The number of rotatable bonds is 12. The maximum Gasteiger partial charge on any atom is 0.0564 e. The van der Waals surface area contributed by atoms with Gasteiger partial charge in [-0.2, -0.15) is 0 Å². The molecule has 0 aromatic heterocycles. The lowest BCUT2D eigenvalue weighted by atomic mass is 9.94. The molecule has 0 saturated heterocycles. The minimum absolute atomic E-state index is 0.125. The monoisotopic (exact) mass is 339 g/mol. The molecule has 0 saturated carbocycles. The molecule has 142 valence electrons. The molecule has 7 nitrogen and oxygen atoms in total. The first-order chi connectivity index (χ1) is 10.8. The van der Waals surface area contributed by atoms with Crippen LogP contribution in [0.5, 0.6) is 0 Å². The molecular weight excluding hydrogens is 302 g/mol. The summed E-state index contributed by atoms with van der Waals surface area (Å²) in [6, 6.07) is 0. The van der Waals surface area contributed by atoms with Crippen molar-refractivity contribution in [3.05, 3.63) is 0 Å². The van der Waals surface area contributed by atoms with Gasteiger partial charge in [0.25, 0.3) is 0 Å². The zero-order valence-electron chi connectivity index (χ0n) is 15.3. The first kappa shape index (κ1) is 25.0. The van der Waals surface area contributed by atoms with Gasteiger partial charge in [0.1, 0.15) is 0 Å². The van der Waals surface area contributed by atoms with E-state index < -0.39 is 10.8 Å². The molecule has 0 aromatic rings. The van der Waals surface area contributed by atoms with Gasteiger partial charge in [0.2, 0.25) is 0 Å². The predicted molar refractivity (Wildman–Crippen MR) is 90.3 cm³/mol. The summed E-state index contributed by atoms with van der Waals surface area (Å²) in [7, 11) is 3.75. The van der Waals surface area contributed by atoms with Gasteiger partial charge in [-0.3, -0.25) is 0 Å². The van der Waals surface area contributed by atoms with E-state index in [4.69, 9.17) is 29.9 Å². The minimum atomic E-state index is -0.618. The molecule has 0 aromatic carbocycles. The normalized spacial score (nSPS) is 12.3. The summed E-state index contributed by atoms with van der Waals surface area (Å²) in [4.78, 5) is 0. The minimum Gasteiger partial charge on any atom is -0.396 e. The van der Waals surface area contributed by atoms with E-state index in [9.17, 15) is 0 Å². The van der Waals surface area contributed by atoms with Crippen LogP contribution >= 0.6 is 0 Å². The largest absolute Gasteiger partial charge is 0.396 e. The van der Waals surface area contributed by atoms with Crippen molar-refractivity contribution >= 4 is 0 Å². The second kappa shape index (κ2) is 14.1. The van der Waals surface area contributed by atoms with Crippen LogP contribution in [0.15, 0.2) is 0 Å². The summed E-state index contributed by atoms with van der Waals surface area (Å²) in [6.45, 7) is 6.47. The van der Waals surface area contributed by atoms with Crippen molar-refractivity contribution in [2.24, 2.45) is 16.7 Å². The maximum absolute atomic E-state index is 9.12. The van der Waals surface area contributed by atoms with E-state index in [1.807, 2.05) is 21.0 Å². The Kier molecular flexibility index (Phi) is 15.3. The summed E-state index contributed by atoms with van der Waals surface area (Å²) in [6.07, 6.45) is 0. The van der Waals surface area contributed by atoms with E-state index in [1.54, 1.807) is 13.8 Å². The quantitative estimate of drug-likeness (QED) is 0.325. The van der Waals surface area contributed by atoms with E-state index in [0.717, 1.165) is 0 Å². The fourth-order valence-corrected chi connectivity index (χ4v) is 1.34. The third-order valence-electron chi connectivity index (χ3n) is 3.23. The second-order valence-electron chi connectivity index (χ2n) is 6.89. The van der Waals surface area contributed by atoms with Gasteiger partial charge in [0.05, 0.1) is 52.9 Å². The molecule has 5 N–H and O–H groups in total. The van der Waals surface area contributed by atoms with Gasteiger partial charge in [-0.25, -0.2) is 0 Å². The van der Waals surface area contributed by atoms with E-state index in [-0.39, 0.29) is 45.6 Å². The number of aliphatic hydroxyl groups excluding tert-OH is 4. The van der Waals surface area contributed by atoms with Gasteiger partial charge in [0.15, 0.2) is 0 Å². The number of hydrogen-bond donors (Lipinski definition) is 5. The lowest BCUT2D eigenvalue weighted by Crippen LogP contribution is -2.33. The van der Waals surface area contributed by atoms with E-state index in [1.165, 1.54) is 0 Å². The van der Waals surface area contributed by atoms with Gasteiger partial charge in [-0.1, -0.05) is 20.8 Å². The summed E-state index contributed by atoms with van der Waals surface area (Å²) in [5.74, 6) is 0.151. The smallest absolute Gasteiger partial charge is 0.0564 e. The van der Waals surface area contributed by atoms with Crippen LogP contribution in [0.1, 0.15) is 20.8 Å². The van der Waals surface area contributed by atoms with Gasteiger partial charge >= 0.3 is 0 Å². The molecule has 7 heteroatoms. The molecule has 0 atom stereocenters. The van der Waals surface area contributed by atoms with Crippen LogP contribution in [0, 0.1) is 16.7 Å². The highest BCUT2D eigenvalue weighted by Crippen LogP contribution is 2.16. The van der Waals surface area contributed by atoms with Crippen molar-refractivity contribution in [2.75, 3.05) is 67.0 Å². The first-order valence-electron chi connectivity index (χ1n) is 7.93. The van der Waals surface area contributed by atoms with Crippen LogP contribution in [-0.2, 0) is 9.47 Å². The molecule has 0 rings (SSSR count). The molecule has 0 aliphatic heterocycles. The molecule has 0 bridgehead atoms. The van der Waals surface area contributed by atoms with E-state index in [0.29, 0.717) is 13.2 Å². The highest BCUT2D eigenvalue weighted by Gasteiger charge is 2.24. The molecule has 0 spiro atoms. The Morgan fingerprint density at radius 3 is 1.26 bits per heavy atom. The Balaban J connectivity index is 0. The van der Waals surface area contributed by atoms with Gasteiger partial charge < -0.3 is 35.2 Å². The van der Waals surface area contributed by atoms with Crippen LogP contribution in [0.2, 0.25) is 0 Å². The zero-order valence-corrected chi connectivity index (χ0v) is 15.3. The Labute approximate surface area is 140 Å². The standard InChI is InChI=1S/C14H30O6.C2H7N/c1-12(4-19-10-13(2,6-15)7-16)5-20-11-14(3,8-17)9-18;1-3-2/h12,15-18H,4-11H2,1-3H3;3H,1-2H3. The van der Waals surface area contributed by atoms with E-state index >= 15 is 0 Å². The lowest BCUT2D eigenvalue weighted by molar-refractivity contribution is -0.0502. The van der Waals surface area contributed by atoms with Crippen molar-refractivity contribution in [1.29, 1.82) is 0 Å². The topological polar surface area (TPSA) is 111 Å². The molecule has 0 heterocycles. The fourth-order valence-electron chi connectivity index (χ4n) is 1.34. The number of aliphatic hydroxyl groups is 4. The molecule has 0 aliphatic rings. The highest BCUT2D eigenvalue weighted by atomic mass is 16.5. The maximum atomic E-state index is 9.12. The van der Waals surface area contributed by atoms with Gasteiger partial charge in [-0.05, 0) is 14.1 Å². The first-order valence-corrected chi connectivity index (χ1v) is 7.93. The molecule has 0 radical (unpaired) electrons. The Hall–Kier alpha value is -0.280. The fraction of sp³-hybridized carbons (Fsp3) is 1.00. The molecule has 0 unspecified atom stereocenters. The Morgan fingerprint density at radius 2 is 1.04 bits per heavy atom. The van der Waals surface area contributed by atoms with Crippen LogP contribution in [-0.4, -0.2) is 87.4 Å². The van der Waals surface area contributed by atoms with Crippen LogP contribution in [0.4, 0.5) is 0 Å². The van der Waals surface area contributed by atoms with Crippen LogP contribution in [0.3, 0.4) is 0 Å². The predicted octanol–water partition coefficient (Wildman–Crippen LogP) is -0.527. The molecule has 0 fully saturated rings. The summed E-state index contributed by atoms with van der Waals surface area (Å²) in [5, 5.41) is 39.2.